The van der Waals surface area contributed by atoms with Crippen molar-refractivity contribution in [2.24, 2.45) is 0 Å². The van der Waals surface area contributed by atoms with Gasteiger partial charge < -0.3 is 14.5 Å². The molecule has 1 fully saturated rings. The summed E-state index contributed by atoms with van der Waals surface area (Å²) in [4.78, 5) is 5.61. The number of hydrogen-bond acceptors (Lipinski definition) is 3. The topological polar surface area (TPSA) is 37.5 Å². The maximum atomic E-state index is 5.79. The van der Waals surface area contributed by atoms with Gasteiger partial charge in [-0.15, -0.1) is 0 Å². The van der Waals surface area contributed by atoms with Crippen LogP contribution in [0.25, 0.3) is 10.9 Å². The molecule has 1 N–H and O–H groups in total. The Morgan fingerprint density at radius 3 is 3.14 bits per heavy atom. The summed E-state index contributed by atoms with van der Waals surface area (Å²) in [6, 6.07) is 8.55. The lowest BCUT2D eigenvalue weighted by molar-refractivity contribution is -0.163. The average molecular weight is 288 g/mol. The van der Waals surface area contributed by atoms with Crippen molar-refractivity contribution in [2.45, 2.75) is 32.1 Å². The number of para-hydroxylation sites is 1. The predicted molar refractivity (Wildman–Crippen MR) is 84.2 cm³/mol. The summed E-state index contributed by atoms with van der Waals surface area (Å²) in [6.07, 6.45) is 5.43. The minimum absolute atomic E-state index is 0.0130. The minimum Gasteiger partial charge on any atom is -0.361 e. The Bertz CT molecular complexity index is 561. The molecular formula is C17H24N2O2. The van der Waals surface area contributed by atoms with E-state index in [2.05, 4.69) is 41.2 Å². The van der Waals surface area contributed by atoms with Gasteiger partial charge in [-0.2, -0.15) is 0 Å². The third kappa shape index (κ3) is 3.84. The summed E-state index contributed by atoms with van der Waals surface area (Å²) >= 11 is 0. The van der Waals surface area contributed by atoms with Gasteiger partial charge in [0.05, 0.1) is 6.61 Å². The number of benzene rings is 1. The van der Waals surface area contributed by atoms with Crippen molar-refractivity contribution in [3.8, 4) is 0 Å². The Labute approximate surface area is 126 Å². The second-order valence-corrected chi connectivity index (χ2v) is 5.76. The van der Waals surface area contributed by atoms with Crippen LogP contribution in [0.3, 0.4) is 0 Å². The molecule has 4 heteroatoms. The first-order chi connectivity index (χ1) is 10.3. The smallest absolute Gasteiger partial charge is 0.157 e. The number of likely N-dealkylation sites (N-methyl/N-ethyl adjacent to an activating group) is 1. The number of aromatic nitrogens is 1. The van der Waals surface area contributed by atoms with Crippen LogP contribution in [-0.2, 0) is 16.0 Å². The normalized spacial score (nSPS) is 19.4. The summed E-state index contributed by atoms with van der Waals surface area (Å²) < 4.78 is 11.4. The Kier molecular flexibility index (Phi) is 4.91. The van der Waals surface area contributed by atoms with Gasteiger partial charge >= 0.3 is 0 Å². The number of nitrogens with one attached hydrogen (secondary N) is 1. The number of rotatable bonds is 6. The van der Waals surface area contributed by atoms with Crippen LogP contribution >= 0.6 is 0 Å². The number of nitrogens with zero attached hydrogens (tertiary/aromatic N) is 1. The molecule has 1 aromatic carbocycles. The van der Waals surface area contributed by atoms with E-state index in [1.165, 1.54) is 29.3 Å². The standard InChI is InChI=1S/C17H24N2O2/c1-19(10-12-21-16-7-2-3-11-20-16)13-15-6-4-5-14-8-9-18-17(14)15/h4-6,8-9,16,18H,2-3,7,10-13H2,1H3. The lowest BCUT2D eigenvalue weighted by Crippen LogP contribution is -2.28. The number of hydrogen-bond donors (Lipinski definition) is 1. The van der Waals surface area contributed by atoms with Crippen molar-refractivity contribution >= 4 is 10.9 Å². The zero-order valence-corrected chi connectivity index (χ0v) is 12.7. The van der Waals surface area contributed by atoms with E-state index < -0.39 is 0 Å². The summed E-state index contributed by atoms with van der Waals surface area (Å²) in [5.74, 6) is 0. The molecule has 0 aliphatic carbocycles. The van der Waals surface area contributed by atoms with Gasteiger partial charge in [0.2, 0.25) is 0 Å². The zero-order chi connectivity index (χ0) is 14.5. The van der Waals surface area contributed by atoms with Crippen LogP contribution in [0.4, 0.5) is 0 Å². The largest absolute Gasteiger partial charge is 0.361 e. The summed E-state index contributed by atoms with van der Waals surface area (Å²) in [5.41, 5.74) is 2.56. The Hall–Kier alpha value is -1.36. The fourth-order valence-electron chi connectivity index (χ4n) is 2.83. The minimum atomic E-state index is 0.0130. The summed E-state index contributed by atoms with van der Waals surface area (Å²) in [5, 5.41) is 1.27. The molecule has 1 unspecified atom stereocenters. The first-order valence-electron chi connectivity index (χ1n) is 7.79. The van der Waals surface area contributed by atoms with E-state index in [4.69, 9.17) is 9.47 Å². The predicted octanol–water partition coefficient (Wildman–Crippen LogP) is 3.14. The third-order valence-electron chi connectivity index (χ3n) is 4.03. The van der Waals surface area contributed by atoms with E-state index in [0.717, 1.165) is 32.7 Å². The van der Waals surface area contributed by atoms with Crippen molar-refractivity contribution in [1.29, 1.82) is 0 Å². The number of fused-ring (bicyclic) bond motifs is 1. The van der Waals surface area contributed by atoms with Crippen molar-refractivity contribution in [3.63, 3.8) is 0 Å². The maximum absolute atomic E-state index is 5.79. The van der Waals surface area contributed by atoms with E-state index in [1.807, 2.05) is 6.20 Å². The van der Waals surface area contributed by atoms with Crippen LogP contribution in [0, 0.1) is 0 Å². The van der Waals surface area contributed by atoms with Crippen LogP contribution < -0.4 is 0 Å². The highest BCUT2D eigenvalue weighted by molar-refractivity contribution is 5.82. The molecule has 1 atom stereocenters. The van der Waals surface area contributed by atoms with E-state index in [1.54, 1.807) is 0 Å². The van der Waals surface area contributed by atoms with Crippen molar-refractivity contribution in [2.75, 3.05) is 26.8 Å². The molecule has 1 aliphatic heterocycles. The quantitative estimate of drug-likeness (QED) is 0.887. The van der Waals surface area contributed by atoms with Crippen LogP contribution in [-0.4, -0.2) is 43.0 Å². The van der Waals surface area contributed by atoms with Crippen molar-refractivity contribution in [1.82, 2.24) is 9.88 Å². The molecule has 1 aromatic heterocycles. The molecule has 1 aliphatic rings. The SMILES string of the molecule is CN(CCOC1CCCCO1)Cc1cccc2cc[nH]c12. The summed E-state index contributed by atoms with van der Waals surface area (Å²) in [6.45, 7) is 3.40. The van der Waals surface area contributed by atoms with E-state index in [9.17, 15) is 0 Å². The lowest BCUT2D eigenvalue weighted by atomic mass is 10.1. The lowest BCUT2D eigenvalue weighted by Gasteiger charge is -2.24. The molecule has 4 nitrogen and oxygen atoms in total. The Balaban J connectivity index is 1.47. The van der Waals surface area contributed by atoms with Gasteiger partial charge in [0.25, 0.3) is 0 Å². The van der Waals surface area contributed by atoms with Crippen LogP contribution in [0.5, 0.6) is 0 Å². The molecule has 2 heterocycles. The van der Waals surface area contributed by atoms with Gasteiger partial charge in [-0.3, -0.25) is 4.90 Å². The average Bonchev–Trinajstić information content (AvgIpc) is 2.98. The van der Waals surface area contributed by atoms with E-state index in [-0.39, 0.29) is 6.29 Å². The van der Waals surface area contributed by atoms with Gasteiger partial charge in [0.15, 0.2) is 6.29 Å². The molecule has 3 rings (SSSR count). The second-order valence-electron chi connectivity index (χ2n) is 5.76. The molecule has 114 valence electrons. The monoisotopic (exact) mass is 288 g/mol. The first-order valence-corrected chi connectivity index (χ1v) is 7.79. The van der Waals surface area contributed by atoms with Crippen LogP contribution in [0.15, 0.2) is 30.5 Å². The van der Waals surface area contributed by atoms with Crippen molar-refractivity contribution in [3.05, 3.63) is 36.0 Å². The van der Waals surface area contributed by atoms with Gasteiger partial charge in [-0.25, -0.2) is 0 Å². The van der Waals surface area contributed by atoms with Gasteiger partial charge in [0, 0.05) is 31.4 Å². The van der Waals surface area contributed by atoms with Crippen molar-refractivity contribution < 1.29 is 9.47 Å². The molecule has 21 heavy (non-hydrogen) atoms. The van der Waals surface area contributed by atoms with Gasteiger partial charge in [-0.1, -0.05) is 18.2 Å². The number of ether oxygens (including phenoxy) is 2. The number of aromatic amines is 1. The first kappa shape index (κ1) is 14.6. The molecular weight excluding hydrogens is 264 g/mol. The fourth-order valence-corrected chi connectivity index (χ4v) is 2.83. The molecule has 0 saturated carbocycles. The van der Waals surface area contributed by atoms with Gasteiger partial charge in [0.1, 0.15) is 0 Å². The molecule has 0 amide bonds. The molecule has 1 saturated heterocycles. The maximum Gasteiger partial charge on any atom is 0.157 e. The highest BCUT2D eigenvalue weighted by atomic mass is 16.7. The van der Waals surface area contributed by atoms with E-state index >= 15 is 0 Å². The van der Waals surface area contributed by atoms with E-state index in [0.29, 0.717) is 0 Å². The Morgan fingerprint density at radius 1 is 1.33 bits per heavy atom. The third-order valence-corrected chi connectivity index (χ3v) is 4.03. The van der Waals surface area contributed by atoms with Crippen LogP contribution in [0.2, 0.25) is 0 Å². The number of H-pyrrole nitrogens is 1. The fraction of sp³-hybridized carbons (Fsp3) is 0.529. The highest BCUT2D eigenvalue weighted by Gasteiger charge is 2.14. The Morgan fingerprint density at radius 2 is 2.29 bits per heavy atom. The second kappa shape index (κ2) is 7.07. The van der Waals surface area contributed by atoms with Gasteiger partial charge in [-0.05, 0) is 43.3 Å². The highest BCUT2D eigenvalue weighted by Crippen LogP contribution is 2.18. The molecule has 2 aromatic rings. The zero-order valence-electron chi connectivity index (χ0n) is 12.7. The molecule has 0 bridgehead atoms. The van der Waals surface area contributed by atoms with Crippen LogP contribution in [0.1, 0.15) is 24.8 Å². The molecule has 0 radical (unpaired) electrons. The summed E-state index contributed by atoms with van der Waals surface area (Å²) in [7, 11) is 2.13. The molecule has 0 spiro atoms.